The van der Waals surface area contributed by atoms with Gasteiger partial charge in [0.25, 0.3) is 82.2 Å². The number of azo groups is 3. The first-order valence-corrected chi connectivity index (χ1v) is 29.7. The minimum atomic E-state index is -5.82. The van der Waals surface area contributed by atoms with Gasteiger partial charge in [-0.1, -0.05) is 0 Å². The monoisotopic (exact) mass is 1240 g/mol. The Balaban J connectivity index is 1.45. The Hall–Kier alpha value is -8.31. The summed E-state index contributed by atoms with van der Waals surface area (Å²) >= 11 is 0. The summed E-state index contributed by atoms with van der Waals surface area (Å²) in [4.78, 5) is 10.4. The highest BCUT2D eigenvalue weighted by Crippen LogP contribution is 2.50. The van der Waals surface area contributed by atoms with Crippen LogP contribution in [-0.2, 0) is 70.8 Å². The number of hydrogen-bond donors (Lipinski definition) is 10. The molecule has 0 spiro atoms. The number of hydrogen-bond acceptors (Lipinski definition) is 27. The summed E-state index contributed by atoms with van der Waals surface area (Å²) in [5.41, 5.74) is -3.70. The van der Waals surface area contributed by atoms with Crippen LogP contribution in [0.3, 0.4) is 0 Å². The molecule has 0 aliphatic heterocycles. The fourth-order valence-corrected chi connectivity index (χ4v) is 12.2. The zero-order chi connectivity index (χ0) is 59.2. The predicted molar refractivity (Wildman–Crippen MR) is 261 cm³/mol. The van der Waals surface area contributed by atoms with E-state index in [1.165, 1.54) is 0 Å². The predicted octanol–water partition coefficient (Wildman–Crippen LogP) is 5.93. The first kappa shape index (κ1) is 58.4. The molecule has 0 aliphatic rings. The van der Waals surface area contributed by atoms with Crippen LogP contribution in [0.15, 0.2) is 138 Å². The number of nitrogen functional groups attached to an aromatic ring is 1. The van der Waals surface area contributed by atoms with Crippen molar-refractivity contribution in [3.8, 4) is 11.5 Å². The third kappa shape index (κ3) is 11.5. The van der Waals surface area contributed by atoms with E-state index >= 15 is 0 Å². The number of anilines is 1. The van der Waals surface area contributed by atoms with Crippen LogP contribution >= 0.6 is 0 Å². The molecule has 7 aromatic carbocycles. The molecular formula is C36H23N9O27S7. The van der Waals surface area contributed by atoms with E-state index in [0.717, 1.165) is 0 Å². The van der Waals surface area contributed by atoms with E-state index < -0.39 is 210 Å². The largest absolute Gasteiger partial charge is 0.505 e. The molecule has 0 fully saturated rings. The molecule has 79 heavy (non-hydrogen) atoms. The molecule has 0 heterocycles. The molecule has 0 saturated carbocycles. The van der Waals surface area contributed by atoms with Gasteiger partial charge in [-0.05, 0) is 48.5 Å². The van der Waals surface area contributed by atoms with Crippen molar-refractivity contribution >= 4 is 154 Å². The number of nitro benzene ring substituents is 2. The van der Waals surface area contributed by atoms with Gasteiger partial charge in [-0.25, -0.2) is 0 Å². The topological polar surface area (TPSA) is 608 Å². The minimum Gasteiger partial charge on any atom is -0.505 e. The number of phenolic OH excluding ortho intramolecular Hbond substituents is 2. The molecule has 7 rings (SSSR count). The van der Waals surface area contributed by atoms with E-state index in [1.54, 1.807) is 0 Å². The van der Waals surface area contributed by atoms with Crippen molar-refractivity contribution in [3.05, 3.63) is 93.0 Å². The van der Waals surface area contributed by atoms with Gasteiger partial charge >= 0.3 is 0 Å². The molecule has 0 radical (unpaired) electrons. The van der Waals surface area contributed by atoms with Gasteiger partial charge in [-0.3, -0.25) is 52.1 Å². The minimum absolute atomic E-state index is 0.206. The van der Waals surface area contributed by atoms with E-state index in [1.807, 2.05) is 0 Å². The van der Waals surface area contributed by atoms with Crippen LogP contribution < -0.4 is 5.73 Å². The second-order valence-electron chi connectivity index (χ2n) is 15.5. The van der Waals surface area contributed by atoms with Crippen LogP contribution in [0.1, 0.15) is 0 Å². The van der Waals surface area contributed by atoms with Crippen LogP contribution in [0.25, 0.3) is 32.3 Å². The highest BCUT2D eigenvalue weighted by Gasteiger charge is 2.32. The summed E-state index contributed by atoms with van der Waals surface area (Å²) in [5, 5.41) is 60.6. The van der Waals surface area contributed by atoms with E-state index in [-0.39, 0.29) is 24.3 Å². The van der Waals surface area contributed by atoms with E-state index in [4.69, 9.17) is 5.73 Å². The molecule has 7 aromatic rings. The summed E-state index contributed by atoms with van der Waals surface area (Å²) in [6, 6.07) is 5.17. The van der Waals surface area contributed by atoms with Gasteiger partial charge in [0.05, 0.1) is 26.6 Å². The number of nitrogens with two attached hydrogens (primary N) is 1. The number of nitro groups is 2. The van der Waals surface area contributed by atoms with Gasteiger partial charge in [0.1, 0.15) is 62.7 Å². The van der Waals surface area contributed by atoms with Crippen molar-refractivity contribution in [2.45, 2.75) is 34.3 Å². The molecule has 0 saturated heterocycles. The SMILES string of the molecule is Nc1c(N=Nc2ccc3c(O)c(N=Nc4cc(S(=O)(=O)O)c5cc([N+](=O)[O-])cc(S(=O)(=O)O)c5c4)c(S(=O)(=O)O)cc3c2S(=O)(=O)O)cc(S(=O)(=O)O)c2cc(S(=O)(=O)O)c(N=Nc3ccc([N+](=O)[O-])cc3S(=O)(=O)O)c(O)c12. The second-order valence-corrected chi connectivity index (χ2v) is 25.2. The molecule has 416 valence electrons. The maximum atomic E-state index is 13.0. The van der Waals surface area contributed by atoms with Crippen molar-refractivity contribution in [2.75, 3.05) is 5.73 Å². The van der Waals surface area contributed by atoms with E-state index in [9.17, 15) is 121 Å². The lowest BCUT2D eigenvalue weighted by Gasteiger charge is -2.15. The Labute approximate surface area is 438 Å². The highest BCUT2D eigenvalue weighted by atomic mass is 32.2. The molecule has 0 aliphatic carbocycles. The van der Waals surface area contributed by atoms with E-state index in [0.29, 0.717) is 48.5 Å². The fraction of sp³-hybridized carbons (Fsp3) is 0. The Bertz CT molecular complexity index is 4900. The molecule has 0 bridgehead atoms. The highest BCUT2D eigenvalue weighted by molar-refractivity contribution is 7.87. The third-order valence-corrected chi connectivity index (χ3v) is 16.8. The summed E-state index contributed by atoms with van der Waals surface area (Å²) in [7, 11) is -39.4. The quantitative estimate of drug-likeness (QED) is 0.0187. The number of benzene rings is 7. The van der Waals surface area contributed by atoms with E-state index in [2.05, 4.69) is 30.7 Å². The van der Waals surface area contributed by atoms with Gasteiger partial charge in [0, 0.05) is 51.2 Å². The Morgan fingerprint density at radius 2 is 0.810 bits per heavy atom. The normalized spacial score (nSPS) is 13.4. The van der Waals surface area contributed by atoms with Crippen LogP contribution in [-0.4, -0.2) is 111 Å². The zero-order valence-electron chi connectivity index (χ0n) is 37.3. The maximum absolute atomic E-state index is 13.0. The fourth-order valence-electron chi connectivity index (χ4n) is 7.30. The van der Waals surface area contributed by atoms with Crippen LogP contribution in [0, 0.1) is 20.2 Å². The summed E-state index contributed by atoms with van der Waals surface area (Å²) < 4.78 is 246. The van der Waals surface area contributed by atoms with Crippen molar-refractivity contribution < 1.29 is 111 Å². The molecule has 0 amide bonds. The standard InChI is InChI=1S/C36H23N9O27S7/c37-31-23(12-26(75(58,59)60)20-11-29(78(67,68)69)33(35(47)30(20)31)43-39-21-3-1-14(44(48)49)8-27(21)76(61,62)63)41-40-22-4-2-16-19(36(22)79(70,71)72)10-28(77(64,65)66)32(34(16)46)42-38-13-5-17-18(24(6-13)73(52,53)54)7-15(45(50)51)9-25(17)74(55,56)57/h1-12,46-47H,37H2,(H,52,53,54)(H,55,56,57)(H,58,59,60)(H,61,62,63)(H,64,65,66)(H,67,68,69)(H,70,71,72). The number of rotatable bonds is 15. The Morgan fingerprint density at radius 3 is 1.33 bits per heavy atom. The molecule has 43 heteroatoms. The number of aromatic hydroxyl groups is 2. The average Bonchev–Trinajstić information content (AvgIpc) is 3.44. The number of nitrogens with zero attached hydrogens (tertiary/aromatic N) is 8. The van der Waals surface area contributed by atoms with Crippen molar-refractivity contribution in [3.63, 3.8) is 0 Å². The summed E-state index contributed by atoms with van der Waals surface area (Å²) in [5.74, 6) is -3.05. The molecule has 0 unspecified atom stereocenters. The maximum Gasteiger partial charge on any atom is 0.297 e. The first-order chi connectivity index (χ1) is 36.0. The lowest BCUT2D eigenvalue weighted by Crippen LogP contribution is -2.04. The smallest absolute Gasteiger partial charge is 0.297 e. The van der Waals surface area contributed by atoms with Crippen molar-refractivity contribution in [1.29, 1.82) is 0 Å². The summed E-state index contributed by atoms with van der Waals surface area (Å²) in [6.45, 7) is 0. The molecule has 11 N–H and O–H groups in total. The average molecular weight is 1240 g/mol. The van der Waals surface area contributed by atoms with Gasteiger partial charge < -0.3 is 15.9 Å². The van der Waals surface area contributed by atoms with Crippen molar-refractivity contribution in [2.24, 2.45) is 30.7 Å². The van der Waals surface area contributed by atoms with Gasteiger partial charge in [0.2, 0.25) is 0 Å². The summed E-state index contributed by atoms with van der Waals surface area (Å²) in [6.07, 6.45) is 0. The van der Waals surface area contributed by atoms with Crippen molar-refractivity contribution in [1.82, 2.24) is 0 Å². The molecule has 0 atom stereocenters. The number of non-ortho nitro benzene ring substituents is 2. The molecule has 36 nitrogen and oxygen atoms in total. The lowest BCUT2D eigenvalue weighted by molar-refractivity contribution is -0.385. The lowest BCUT2D eigenvalue weighted by atomic mass is 10.0. The van der Waals surface area contributed by atoms with Gasteiger partial charge in [-0.15, -0.1) is 25.6 Å². The number of fused-ring (bicyclic) bond motifs is 3. The van der Waals surface area contributed by atoms with Crippen LogP contribution in [0.4, 0.5) is 51.2 Å². The van der Waals surface area contributed by atoms with Crippen LogP contribution in [0.2, 0.25) is 0 Å². The third-order valence-electron chi connectivity index (χ3n) is 10.5. The number of phenols is 2. The molecular weight excluding hydrogens is 1210 g/mol. The van der Waals surface area contributed by atoms with Gasteiger partial charge in [0.15, 0.2) is 11.5 Å². The molecule has 0 aromatic heterocycles. The van der Waals surface area contributed by atoms with Gasteiger partial charge in [-0.2, -0.15) is 64.0 Å². The Morgan fingerprint density at radius 1 is 0.380 bits per heavy atom. The first-order valence-electron chi connectivity index (χ1n) is 19.6. The second kappa shape index (κ2) is 19.5. The Kier molecular flexibility index (Phi) is 14.4. The van der Waals surface area contributed by atoms with Crippen LogP contribution in [0.5, 0.6) is 11.5 Å². The zero-order valence-corrected chi connectivity index (χ0v) is 43.0.